The molecule has 1 aliphatic rings. The van der Waals surface area contributed by atoms with Crippen LogP contribution in [0.15, 0.2) is 60.7 Å². The van der Waals surface area contributed by atoms with E-state index in [0.717, 1.165) is 16.9 Å². The van der Waals surface area contributed by atoms with Gasteiger partial charge >= 0.3 is 0 Å². The molecule has 0 N–H and O–H groups in total. The van der Waals surface area contributed by atoms with Gasteiger partial charge in [-0.1, -0.05) is 72.4 Å². The van der Waals surface area contributed by atoms with Crippen LogP contribution in [0.2, 0.25) is 0 Å². The fraction of sp³-hybridized carbons (Fsp3) is 0.118. The molecule has 0 saturated carbocycles. The largest absolute Gasteiger partial charge is 0.287 e. The highest BCUT2D eigenvalue weighted by Crippen LogP contribution is 2.42. The summed E-state index contributed by atoms with van der Waals surface area (Å²) in [6, 6.07) is 20.5. The lowest BCUT2D eigenvalue weighted by atomic mass is 9.98. The van der Waals surface area contributed by atoms with E-state index in [4.69, 9.17) is 0 Å². The van der Waals surface area contributed by atoms with E-state index in [1.807, 2.05) is 36.4 Å². The number of hydrogen-bond acceptors (Lipinski definition) is 2. The van der Waals surface area contributed by atoms with Crippen LogP contribution in [-0.2, 0) is 4.79 Å². The maximum Gasteiger partial charge on any atom is 0.194 e. The molecule has 1 nitrogen and oxygen atoms in total. The molecule has 0 aliphatic carbocycles. The average Bonchev–Trinajstić information content (AvgIpc) is 2.49. The molecule has 2 aromatic carbocycles. The zero-order valence-electron chi connectivity index (χ0n) is 10.5. The monoisotopic (exact) mass is 266 g/mol. The molecule has 19 heavy (non-hydrogen) atoms. The number of benzene rings is 2. The number of hydrogen-bond donors (Lipinski definition) is 0. The topological polar surface area (TPSA) is 17.1 Å². The highest BCUT2D eigenvalue weighted by molar-refractivity contribution is 8.21. The molecule has 1 aliphatic heterocycles. The second kappa shape index (κ2) is 5.45. The van der Waals surface area contributed by atoms with Gasteiger partial charge in [-0.2, -0.15) is 0 Å². The van der Waals surface area contributed by atoms with Gasteiger partial charge in [0, 0.05) is 11.3 Å². The molecule has 2 heteroatoms. The summed E-state index contributed by atoms with van der Waals surface area (Å²) in [5.74, 6) is 0. The van der Waals surface area contributed by atoms with E-state index >= 15 is 0 Å². The van der Waals surface area contributed by atoms with Crippen LogP contribution in [0.25, 0.3) is 10.5 Å². The van der Waals surface area contributed by atoms with Gasteiger partial charge in [0.1, 0.15) is 0 Å². The van der Waals surface area contributed by atoms with Crippen molar-refractivity contribution < 1.29 is 4.79 Å². The minimum Gasteiger partial charge on any atom is -0.287 e. The summed E-state index contributed by atoms with van der Waals surface area (Å²) in [4.78, 5) is 12.9. The molecule has 0 aromatic heterocycles. The third-order valence-corrected chi connectivity index (χ3v) is 4.35. The first kappa shape index (κ1) is 12.2. The molecule has 0 radical (unpaired) electrons. The first-order valence-corrected chi connectivity index (χ1v) is 7.21. The van der Waals surface area contributed by atoms with Gasteiger partial charge in [-0.05, 0) is 23.1 Å². The minimum atomic E-state index is 0.263. The Morgan fingerprint density at radius 2 is 1.32 bits per heavy atom. The molecule has 0 saturated heterocycles. The van der Waals surface area contributed by atoms with Crippen molar-refractivity contribution in [2.45, 2.75) is 12.8 Å². The van der Waals surface area contributed by atoms with E-state index in [0.29, 0.717) is 6.42 Å². The Hall–Kier alpha value is -1.80. The second-order valence-electron chi connectivity index (χ2n) is 4.51. The lowest BCUT2D eigenvalue weighted by molar-refractivity contribution is -0.110. The standard InChI is InChI=1S/C17H14OS/c18-16-12-11-15(13-7-3-1-4-8-13)17(19-16)14-9-5-2-6-10-14/h1-10H,11-12H2. The third kappa shape index (κ3) is 2.64. The number of carbonyl (C=O) groups is 1. The highest BCUT2D eigenvalue weighted by Gasteiger charge is 2.21. The van der Waals surface area contributed by atoms with Gasteiger partial charge in [-0.3, -0.25) is 4.79 Å². The Morgan fingerprint density at radius 1 is 0.737 bits per heavy atom. The van der Waals surface area contributed by atoms with Crippen molar-refractivity contribution in [3.05, 3.63) is 71.8 Å². The zero-order valence-corrected chi connectivity index (χ0v) is 11.3. The molecule has 0 amide bonds. The SMILES string of the molecule is O=C1CCC(c2ccccc2)=C(c2ccccc2)S1. The fourth-order valence-electron chi connectivity index (χ4n) is 2.30. The zero-order chi connectivity index (χ0) is 13.1. The van der Waals surface area contributed by atoms with Gasteiger partial charge in [0.25, 0.3) is 0 Å². The predicted molar refractivity (Wildman–Crippen MR) is 81.5 cm³/mol. The maximum atomic E-state index is 11.8. The smallest absolute Gasteiger partial charge is 0.194 e. The molecule has 1 heterocycles. The van der Waals surface area contributed by atoms with Gasteiger partial charge in [0.05, 0.1) is 0 Å². The molecular formula is C17H14OS. The van der Waals surface area contributed by atoms with Gasteiger partial charge < -0.3 is 0 Å². The van der Waals surface area contributed by atoms with Crippen LogP contribution < -0.4 is 0 Å². The number of allylic oxidation sites excluding steroid dienone is 1. The van der Waals surface area contributed by atoms with Crippen molar-refractivity contribution in [1.82, 2.24) is 0 Å². The van der Waals surface area contributed by atoms with Crippen molar-refractivity contribution in [3.8, 4) is 0 Å². The van der Waals surface area contributed by atoms with Gasteiger partial charge in [-0.15, -0.1) is 0 Å². The second-order valence-corrected chi connectivity index (χ2v) is 5.58. The van der Waals surface area contributed by atoms with Crippen molar-refractivity contribution in [2.75, 3.05) is 0 Å². The van der Waals surface area contributed by atoms with E-state index in [1.54, 1.807) is 0 Å². The Morgan fingerprint density at radius 3 is 1.95 bits per heavy atom. The van der Waals surface area contributed by atoms with Gasteiger partial charge in [0.15, 0.2) is 5.12 Å². The minimum absolute atomic E-state index is 0.263. The molecular weight excluding hydrogens is 252 g/mol. The molecule has 0 fully saturated rings. The Bertz CT molecular complexity index is 614. The van der Waals surface area contributed by atoms with E-state index in [1.165, 1.54) is 22.9 Å². The molecule has 3 rings (SSSR count). The summed E-state index contributed by atoms with van der Waals surface area (Å²) in [6.45, 7) is 0. The van der Waals surface area contributed by atoms with Gasteiger partial charge in [-0.25, -0.2) is 0 Å². The average molecular weight is 266 g/mol. The molecule has 0 unspecified atom stereocenters. The van der Waals surface area contributed by atoms with Crippen LogP contribution in [0, 0.1) is 0 Å². The Kier molecular flexibility index (Phi) is 3.51. The van der Waals surface area contributed by atoms with Crippen LogP contribution in [0.5, 0.6) is 0 Å². The number of thioether (sulfide) groups is 1. The van der Waals surface area contributed by atoms with E-state index in [2.05, 4.69) is 24.3 Å². The van der Waals surface area contributed by atoms with Crippen molar-refractivity contribution in [1.29, 1.82) is 0 Å². The summed E-state index contributed by atoms with van der Waals surface area (Å²) < 4.78 is 0. The Balaban J connectivity index is 2.13. The normalized spacial score (nSPS) is 15.7. The van der Waals surface area contributed by atoms with E-state index in [9.17, 15) is 4.79 Å². The highest BCUT2D eigenvalue weighted by atomic mass is 32.2. The molecule has 0 spiro atoms. The lowest BCUT2D eigenvalue weighted by Crippen LogP contribution is -2.03. The molecule has 0 atom stereocenters. The Labute approximate surface area is 117 Å². The quantitative estimate of drug-likeness (QED) is 0.789. The first-order valence-electron chi connectivity index (χ1n) is 6.39. The van der Waals surface area contributed by atoms with E-state index in [-0.39, 0.29) is 5.12 Å². The van der Waals surface area contributed by atoms with Gasteiger partial charge in [0.2, 0.25) is 0 Å². The third-order valence-electron chi connectivity index (χ3n) is 3.23. The molecule has 94 valence electrons. The van der Waals surface area contributed by atoms with Crippen molar-refractivity contribution in [2.24, 2.45) is 0 Å². The lowest BCUT2D eigenvalue weighted by Gasteiger charge is -2.19. The van der Waals surface area contributed by atoms with Crippen molar-refractivity contribution in [3.63, 3.8) is 0 Å². The van der Waals surface area contributed by atoms with Crippen LogP contribution in [0.1, 0.15) is 24.0 Å². The number of rotatable bonds is 2. The summed E-state index contributed by atoms with van der Waals surface area (Å²) in [5.41, 5.74) is 3.65. The van der Waals surface area contributed by atoms with E-state index < -0.39 is 0 Å². The molecule has 2 aromatic rings. The van der Waals surface area contributed by atoms with Crippen LogP contribution in [0.4, 0.5) is 0 Å². The fourth-order valence-corrected chi connectivity index (χ4v) is 3.33. The maximum absolute atomic E-state index is 11.8. The summed E-state index contributed by atoms with van der Waals surface area (Å²) in [5, 5.41) is 0.263. The first-order chi connectivity index (χ1) is 9.34. The van der Waals surface area contributed by atoms with Crippen LogP contribution in [0.3, 0.4) is 0 Å². The summed E-state index contributed by atoms with van der Waals surface area (Å²) in [7, 11) is 0. The van der Waals surface area contributed by atoms with Crippen LogP contribution >= 0.6 is 11.8 Å². The van der Waals surface area contributed by atoms with Crippen molar-refractivity contribution >= 4 is 27.4 Å². The summed E-state index contributed by atoms with van der Waals surface area (Å²) in [6.07, 6.45) is 1.46. The summed E-state index contributed by atoms with van der Waals surface area (Å²) >= 11 is 1.38. The molecule has 0 bridgehead atoms. The van der Waals surface area contributed by atoms with Crippen LogP contribution in [-0.4, -0.2) is 5.12 Å². The number of carbonyl (C=O) groups excluding carboxylic acids is 1. The predicted octanol–water partition coefficient (Wildman–Crippen LogP) is 4.61.